The van der Waals surface area contributed by atoms with Crippen LogP contribution in [0.15, 0.2) is 40.9 Å². The van der Waals surface area contributed by atoms with Crippen molar-refractivity contribution in [1.29, 1.82) is 0 Å². The van der Waals surface area contributed by atoms with Crippen LogP contribution in [0.5, 0.6) is 11.5 Å². The van der Waals surface area contributed by atoms with Gasteiger partial charge in [-0.1, -0.05) is 15.9 Å². The molecule has 0 aromatic heterocycles. The second kappa shape index (κ2) is 6.63. The van der Waals surface area contributed by atoms with Gasteiger partial charge in [0.05, 0.1) is 19.9 Å². The number of hydrogen-bond acceptors (Lipinski definition) is 3. The minimum Gasteiger partial charge on any atom is -0.497 e. The van der Waals surface area contributed by atoms with Crippen LogP contribution < -0.4 is 14.8 Å². The maximum Gasteiger partial charge on any atom is 0.255 e. The Bertz CT molecular complexity index is 650. The summed E-state index contributed by atoms with van der Waals surface area (Å²) in [4.78, 5) is 12.4. The first-order valence-corrected chi connectivity index (χ1v) is 7.13. The topological polar surface area (TPSA) is 47.6 Å². The zero-order valence-electron chi connectivity index (χ0n) is 12.1. The van der Waals surface area contributed by atoms with Gasteiger partial charge in [0.2, 0.25) is 0 Å². The zero-order valence-corrected chi connectivity index (χ0v) is 13.7. The van der Waals surface area contributed by atoms with Crippen molar-refractivity contribution in [3.8, 4) is 11.5 Å². The SMILES string of the molecule is COc1ccc(OC)c(NC(=O)c2cc(C)cc(Br)c2)c1. The zero-order chi connectivity index (χ0) is 15.4. The van der Waals surface area contributed by atoms with E-state index in [1.54, 1.807) is 38.5 Å². The van der Waals surface area contributed by atoms with Crippen molar-refractivity contribution in [2.75, 3.05) is 19.5 Å². The maximum atomic E-state index is 12.4. The Morgan fingerprint density at radius 3 is 2.48 bits per heavy atom. The van der Waals surface area contributed by atoms with E-state index < -0.39 is 0 Å². The number of benzene rings is 2. The van der Waals surface area contributed by atoms with Gasteiger partial charge in [0.1, 0.15) is 11.5 Å². The summed E-state index contributed by atoms with van der Waals surface area (Å²) in [7, 11) is 3.13. The van der Waals surface area contributed by atoms with Gasteiger partial charge in [0.25, 0.3) is 5.91 Å². The molecule has 1 N–H and O–H groups in total. The molecule has 0 fully saturated rings. The van der Waals surface area contributed by atoms with Crippen LogP contribution in [-0.2, 0) is 0 Å². The molecule has 0 aliphatic heterocycles. The first-order valence-electron chi connectivity index (χ1n) is 6.34. The summed E-state index contributed by atoms with van der Waals surface area (Å²) in [5.41, 5.74) is 2.15. The van der Waals surface area contributed by atoms with Gasteiger partial charge in [-0.25, -0.2) is 0 Å². The van der Waals surface area contributed by atoms with Crippen LogP contribution in [0.25, 0.3) is 0 Å². The Hall–Kier alpha value is -2.01. The van der Waals surface area contributed by atoms with Crippen LogP contribution in [0.3, 0.4) is 0 Å². The molecule has 2 aromatic carbocycles. The average Bonchev–Trinajstić information content (AvgIpc) is 2.46. The van der Waals surface area contributed by atoms with Crippen LogP contribution in [0.1, 0.15) is 15.9 Å². The second-order valence-corrected chi connectivity index (χ2v) is 5.45. The fourth-order valence-electron chi connectivity index (χ4n) is 1.97. The minimum atomic E-state index is -0.203. The molecule has 0 atom stereocenters. The summed E-state index contributed by atoms with van der Waals surface area (Å²) < 4.78 is 11.3. The van der Waals surface area contributed by atoms with E-state index in [4.69, 9.17) is 9.47 Å². The van der Waals surface area contributed by atoms with Gasteiger partial charge >= 0.3 is 0 Å². The number of amides is 1. The smallest absolute Gasteiger partial charge is 0.255 e. The van der Waals surface area contributed by atoms with Crippen LogP contribution in [0.2, 0.25) is 0 Å². The van der Waals surface area contributed by atoms with Crippen molar-refractivity contribution in [2.45, 2.75) is 6.92 Å². The highest BCUT2D eigenvalue weighted by atomic mass is 79.9. The van der Waals surface area contributed by atoms with Crippen molar-refractivity contribution >= 4 is 27.5 Å². The molecule has 21 heavy (non-hydrogen) atoms. The largest absolute Gasteiger partial charge is 0.497 e. The number of nitrogens with one attached hydrogen (secondary N) is 1. The third kappa shape index (κ3) is 3.76. The highest BCUT2D eigenvalue weighted by molar-refractivity contribution is 9.10. The Morgan fingerprint density at radius 2 is 1.86 bits per heavy atom. The summed E-state index contributed by atoms with van der Waals surface area (Å²) in [5, 5.41) is 2.84. The van der Waals surface area contributed by atoms with Gasteiger partial charge in [-0.05, 0) is 42.8 Å². The van der Waals surface area contributed by atoms with Crippen LogP contribution in [0.4, 0.5) is 5.69 Å². The van der Waals surface area contributed by atoms with Gasteiger partial charge in [-0.3, -0.25) is 4.79 Å². The lowest BCUT2D eigenvalue weighted by Crippen LogP contribution is -2.13. The quantitative estimate of drug-likeness (QED) is 0.906. The van der Waals surface area contributed by atoms with Crippen LogP contribution in [-0.4, -0.2) is 20.1 Å². The normalized spacial score (nSPS) is 10.1. The number of methoxy groups -OCH3 is 2. The number of halogens is 1. The molecular formula is C16H16BrNO3. The Morgan fingerprint density at radius 1 is 1.10 bits per heavy atom. The Balaban J connectivity index is 2.30. The van der Waals surface area contributed by atoms with E-state index in [1.165, 1.54) is 0 Å². The molecule has 4 nitrogen and oxygen atoms in total. The van der Waals surface area contributed by atoms with E-state index in [-0.39, 0.29) is 5.91 Å². The van der Waals surface area contributed by atoms with E-state index in [1.807, 2.05) is 19.1 Å². The monoisotopic (exact) mass is 349 g/mol. The average molecular weight is 350 g/mol. The number of carbonyl (C=O) groups excluding carboxylic acids is 1. The van der Waals surface area contributed by atoms with Crippen molar-refractivity contribution < 1.29 is 14.3 Å². The molecule has 0 aliphatic rings. The first-order chi connectivity index (χ1) is 10.0. The van der Waals surface area contributed by atoms with Gasteiger partial charge in [0, 0.05) is 16.1 Å². The number of carbonyl (C=O) groups is 1. The lowest BCUT2D eigenvalue weighted by atomic mass is 10.1. The third-order valence-corrected chi connectivity index (χ3v) is 3.42. The molecule has 110 valence electrons. The molecule has 5 heteroatoms. The third-order valence-electron chi connectivity index (χ3n) is 2.96. The minimum absolute atomic E-state index is 0.203. The fourth-order valence-corrected chi connectivity index (χ4v) is 2.58. The molecule has 0 saturated carbocycles. The Kier molecular flexibility index (Phi) is 4.85. The van der Waals surface area contributed by atoms with Crippen LogP contribution >= 0.6 is 15.9 Å². The molecule has 0 bridgehead atoms. The van der Waals surface area contributed by atoms with E-state index in [2.05, 4.69) is 21.2 Å². The van der Waals surface area contributed by atoms with E-state index >= 15 is 0 Å². The molecule has 0 aliphatic carbocycles. The van der Waals surface area contributed by atoms with E-state index in [0.29, 0.717) is 22.7 Å². The number of hydrogen-bond donors (Lipinski definition) is 1. The van der Waals surface area contributed by atoms with Crippen molar-refractivity contribution in [2.24, 2.45) is 0 Å². The van der Waals surface area contributed by atoms with E-state index in [0.717, 1.165) is 10.0 Å². The van der Waals surface area contributed by atoms with Crippen molar-refractivity contribution in [3.63, 3.8) is 0 Å². The summed E-state index contributed by atoms with van der Waals surface area (Å²) >= 11 is 3.39. The van der Waals surface area contributed by atoms with Gasteiger partial charge in [-0.2, -0.15) is 0 Å². The predicted octanol–water partition coefficient (Wildman–Crippen LogP) is 4.03. The van der Waals surface area contributed by atoms with Crippen LogP contribution in [0, 0.1) is 6.92 Å². The predicted molar refractivity (Wildman–Crippen MR) is 86.4 cm³/mol. The summed E-state index contributed by atoms with van der Waals surface area (Å²) in [6, 6.07) is 10.8. The number of ether oxygens (including phenoxy) is 2. The molecular weight excluding hydrogens is 334 g/mol. The molecule has 0 saturated heterocycles. The summed E-state index contributed by atoms with van der Waals surface area (Å²) in [5.74, 6) is 1.03. The van der Waals surface area contributed by atoms with Gasteiger partial charge in [-0.15, -0.1) is 0 Å². The summed E-state index contributed by atoms with van der Waals surface area (Å²) in [6.45, 7) is 1.94. The van der Waals surface area contributed by atoms with Gasteiger partial charge in [0.15, 0.2) is 0 Å². The highest BCUT2D eigenvalue weighted by Crippen LogP contribution is 2.29. The summed E-state index contributed by atoms with van der Waals surface area (Å²) in [6.07, 6.45) is 0. The first kappa shape index (κ1) is 15.4. The molecule has 0 radical (unpaired) electrons. The molecule has 0 unspecified atom stereocenters. The molecule has 1 amide bonds. The highest BCUT2D eigenvalue weighted by Gasteiger charge is 2.12. The maximum absolute atomic E-state index is 12.4. The lowest BCUT2D eigenvalue weighted by molar-refractivity contribution is 0.102. The van der Waals surface area contributed by atoms with Gasteiger partial charge < -0.3 is 14.8 Å². The molecule has 0 heterocycles. The number of rotatable bonds is 4. The fraction of sp³-hybridized carbons (Fsp3) is 0.188. The number of anilines is 1. The van der Waals surface area contributed by atoms with Crippen molar-refractivity contribution in [1.82, 2.24) is 0 Å². The van der Waals surface area contributed by atoms with Crippen molar-refractivity contribution in [3.05, 3.63) is 52.0 Å². The lowest BCUT2D eigenvalue weighted by Gasteiger charge is -2.12. The molecule has 0 spiro atoms. The molecule has 2 rings (SSSR count). The number of aryl methyl sites for hydroxylation is 1. The van der Waals surface area contributed by atoms with E-state index in [9.17, 15) is 4.79 Å². The second-order valence-electron chi connectivity index (χ2n) is 4.54. The molecule has 2 aromatic rings. The standard InChI is InChI=1S/C16H16BrNO3/c1-10-6-11(8-12(17)7-10)16(19)18-14-9-13(20-2)4-5-15(14)21-3/h4-9H,1-3H3,(H,18,19). The Labute approximate surface area is 132 Å².